The fourth-order valence-electron chi connectivity index (χ4n) is 1.62. The van der Waals surface area contributed by atoms with Crippen molar-refractivity contribution in [2.75, 3.05) is 0 Å². The second-order valence-corrected chi connectivity index (χ2v) is 3.52. The van der Waals surface area contributed by atoms with E-state index in [9.17, 15) is 4.79 Å². The number of carboxylic acids is 1. The molecule has 1 N–H and O–H groups in total. The van der Waals surface area contributed by atoms with Gasteiger partial charge in [0.15, 0.2) is 0 Å². The lowest BCUT2D eigenvalue weighted by Crippen LogP contribution is -1.95. The van der Waals surface area contributed by atoms with Crippen molar-refractivity contribution < 1.29 is 9.90 Å². The molecule has 0 aromatic heterocycles. The maximum absolute atomic E-state index is 10.8. The predicted octanol–water partition coefficient (Wildman–Crippen LogP) is 2.96. The van der Waals surface area contributed by atoms with E-state index in [0.717, 1.165) is 16.3 Å². The Labute approximate surface area is 92.8 Å². The molecule has 0 amide bonds. The Morgan fingerprint density at radius 2 is 1.88 bits per heavy atom. The van der Waals surface area contributed by atoms with Crippen molar-refractivity contribution in [3.63, 3.8) is 0 Å². The molecule has 3 nitrogen and oxygen atoms in total. The molecule has 0 atom stereocenters. The van der Waals surface area contributed by atoms with Gasteiger partial charge >= 0.3 is 5.97 Å². The molecule has 3 heteroatoms. The van der Waals surface area contributed by atoms with Crippen LogP contribution in [0.25, 0.3) is 15.6 Å². The number of carbonyl (C=O) groups is 1. The molecular formula is C13H9NO2. The first kappa shape index (κ1) is 10.2. The van der Waals surface area contributed by atoms with E-state index in [0.29, 0.717) is 6.54 Å². The van der Waals surface area contributed by atoms with Crippen LogP contribution in [0, 0.1) is 6.57 Å². The molecular weight excluding hydrogens is 202 g/mol. The number of hydrogen-bond donors (Lipinski definition) is 1. The van der Waals surface area contributed by atoms with Gasteiger partial charge in [0, 0.05) is 5.56 Å². The fourth-order valence-corrected chi connectivity index (χ4v) is 1.62. The van der Waals surface area contributed by atoms with Gasteiger partial charge in [0.05, 0.1) is 5.56 Å². The number of fused-ring (bicyclic) bond motifs is 1. The van der Waals surface area contributed by atoms with E-state index in [1.165, 1.54) is 0 Å². The number of aromatic carboxylic acids is 1. The van der Waals surface area contributed by atoms with Crippen LogP contribution in [0.2, 0.25) is 0 Å². The minimum atomic E-state index is -0.924. The van der Waals surface area contributed by atoms with Crippen molar-refractivity contribution in [2.24, 2.45) is 0 Å². The molecule has 0 unspecified atom stereocenters. The lowest BCUT2D eigenvalue weighted by molar-refractivity contribution is 0.0697. The first-order valence-corrected chi connectivity index (χ1v) is 4.80. The zero-order chi connectivity index (χ0) is 11.5. The molecule has 0 saturated carbocycles. The second-order valence-electron chi connectivity index (χ2n) is 3.52. The van der Waals surface area contributed by atoms with Gasteiger partial charge in [0.1, 0.15) is 0 Å². The van der Waals surface area contributed by atoms with Gasteiger partial charge in [-0.3, -0.25) is 0 Å². The van der Waals surface area contributed by atoms with Crippen LogP contribution in [0.3, 0.4) is 0 Å². The third-order valence-corrected chi connectivity index (χ3v) is 2.41. The molecule has 0 aliphatic carbocycles. The van der Waals surface area contributed by atoms with Gasteiger partial charge in [-0.05, 0) is 29.0 Å². The van der Waals surface area contributed by atoms with Crippen molar-refractivity contribution in [2.45, 2.75) is 6.54 Å². The highest BCUT2D eigenvalue weighted by atomic mass is 16.4. The Morgan fingerprint density at radius 3 is 2.56 bits per heavy atom. The summed E-state index contributed by atoms with van der Waals surface area (Å²) in [6.45, 7) is 7.14. The monoisotopic (exact) mass is 211 g/mol. The second kappa shape index (κ2) is 4.03. The summed E-state index contributed by atoms with van der Waals surface area (Å²) < 4.78 is 0. The average Bonchev–Trinajstić information content (AvgIpc) is 2.28. The number of benzene rings is 2. The van der Waals surface area contributed by atoms with Crippen LogP contribution in [0.4, 0.5) is 0 Å². The minimum Gasteiger partial charge on any atom is -0.478 e. The van der Waals surface area contributed by atoms with Gasteiger partial charge in [-0.15, -0.1) is 0 Å². The Bertz CT molecular complexity index is 596. The molecule has 0 aliphatic rings. The molecule has 78 valence electrons. The summed E-state index contributed by atoms with van der Waals surface area (Å²) >= 11 is 0. The Balaban J connectivity index is 2.53. The summed E-state index contributed by atoms with van der Waals surface area (Å²) in [5.74, 6) is -0.924. The fraction of sp³-hybridized carbons (Fsp3) is 0.0769. The van der Waals surface area contributed by atoms with Crippen LogP contribution in [-0.2, 0) is 6.54 Å². The first-order valence-electron chi connectivity index (χ1n) is 4.80. The largest absolute Gasteiger partial charge is 0.478 e. The summed E-state index contributed by atoms with van der Waals surface area (Å²) in [5.41, 5.74) is 1.23. The molecule has 0 heterocycles. The highest BCUT2D eigenvalue weighted by molar-refractivity contribution is 5.94. The molecule has 0 radical (unpaired) electrons. The minimum absolute atomic E-state index is 0.283. The van der Waals surface area contributed by atoms with E-state index in [2.05, 4.69) is 4.85 Å². The lowest BCUT2D eigenvalue weighted by Gasteiger charge is -2.00. The quantitative estimate of drug-likeness (QED) is 0.776. The van der Waals surface area contributed by atoms with E-state index in [1.807, 2.05) is 18.2 Å². The summed E-state index contributed by atoms with van der Waals surface area (Å²) in [6.07, 6.45) is 0. The van der Waals surface area contributed by atoms with Crippen LogP contribution in [0.15, 0.2) is 36.4 Å². The zero-order valence-electron chi connectivity index (χ0n) is 8.47. The summed E-state index contributed by atoms with van der Waals surface area (Å²) in [6, 6.07) is 10.6. The Hall–Kier alpha value is -2.34. The highest BCUT2D eigenvalue weighted by Crippen LogP contribution is 2.18. The Morgan fingerprint density at radius 1 is 1.19 bits per heavy atom. The first-order chi connectivity index (χ1) is 7.70. The highest BCUT2D eigenvalue weighted by Gasteiger charge is 2.04. The van der Waals surface area contributed by atoms with Gasteiger partial charge < -0.3 is 9.95 Å². The SMILES string of the molecule is [C-]#[N+]Cc1ccc2cc(C(=O)O)ccc2c1. The van der Waals surface area contributed by atoms with E-state index >= 15 is 0 Å². The molecule has 16 heavy (non-hydrogen) atoms. The van der Waals surface area contributed by atoms with Crippen LogP contribution in [0.5, 0.6) is 0 Å². The predicted molar refractivity (Wildman–Crippen MR) is 61.2 cm³/mol. The van der Waals surface area contributed by atoms with Gasteiger partial charge in [-0.25, -0.2) is 11.4 Å². The average molecular weight is 211 g/mol. The molecule has 0 aliphatic heterocycles. The number of hydrogen-bond acceptors (Lipinski definition) is 1. The van der Waals surface area contributed by atoms with E-state index in [4.69, 9.17) is 11.7 Å². The molecule has 0 fully saturated rings. The van der Waals surface area contributed by atoms with Crippen molar-refractivity contribution in [1.82, 2.24) is 0 Å². The lowest BCUT2D eigenvalue weighted by atomic mass is 10.0. The normalized spacial score (nSPS) is 9.94. The van der Waals surface area contributed by atoms with E-state index in [1.54, 1.807) is 18.2 Å². The van der Waals surface area contributed by atoms with E-state index < -0.39 is 5.97 Å². The van der Waals surface area contributed by atoms with Gasteiger partial charge in [0.2, 0.25) is 6.54 Å². The third kappa shape index (κ3) is 1.86. The van der Waals surface area contributed by atoms with E-state index in [-0.39, 0.29) is 5.56 Å². The molecule has 2 aromatic carbocycles. The van der Waals surface area contributed by atoms with Crippen LogP contribution >= 0.6 is 0 Å². The number of rotatable bonds is 2. The van der Waals surface area contributed by atoms with Gasteiger partial charge in [-0.1, -0.05) is 18.2 Å². The summed E-state index contributed by atoms with van der Waals surface area (Å²) in [7, 11) is 0. The summed E-state index contributed by atoms with van der Waals surface area (Å²) in [4.78, 5) is 14.1. The zero-order valence-corrected chi connectivity index (χ0v) is 8.47. The van der Waals surface area contributed by atoms with Crippen molar-refractivity contribution in [3.8, 4) is 0 Å². The smallest absolute Gasteiger partial charge is 0.335 e. The number of carboxylic acid groups (broad SMARTS) is 1. The molecule has 0 saturated heterocycles. The standard InChI is InChI=1S/C13H9NO2/c1-14-8-9-2-3-11-7-12(13(15)16)5-4-10(11)6-9/h2-7H,8H2,(H,15,16). The third-order valence-electron chi connectivity index (χ3n) is 2.41. The van der Waals surface area contributed by atoms with Crippen LogP contribution in [-0.4, -0.2) is 11.1 Å². The van der Waals surface area contributed by atoms with Crippen molar-refractivity contribution in [3.05, 3.63) is 58.9 Å². The Kier molecular flexibility index (Phi) is 2.57. The molecule has 2 aromatic rings. The molecule has 0 spiro atoms. The molecule has 0 bridgehead atoms. The van der Waals surface area contributed by atoms with Crippen LogP contribution < -0.4 is 0 Å². The van der Waals surface area contributed by atoms with Crippen molar-refractivity contribution in [1.29, 1.82) is 0 Å². The maximum atomic E-state index is 10.8. The topological polar surface area (TPSA) is 41.7 Å². The van der Waals surface area contributed by atoms with Crippen molar-refractivity contribution >= 4 is 16.7 Å². The molecule has 2 rings (SSSR count). The summed E-state index contributed by atoms with van der Waals surface area (Å²) in [5, 5.41) is 10.7. The maximum Gasteiger partial charge on any atom is 0.335 e. The van der Waals surface area contributed by atoms with Crippen LogP contribution in [0.1, 0.15) is 15.9 Å². The van der Waals surface area contributed by atoms with Gasteiger partial charge in [-0.2, -0.15) is 0 Å². The number of nitrogens with zero attached hydrogens (tertiary/aromatic N) is 1. The van der Waals surface area contributed by atoms with Gasteiger partial charge in [0.25, 0.3) is 0 Å².